The summed E-state index contributed by atoms with van der Waals surface area (Å²) in [5, 5.41) is 20.6. The van der Waals surface area contributed by atoms with Crippen LogP contribution in [0.3, 0.4) is 0 Å². The van der Waals surface area contributed by atoms with Crippen molar-refractivity contribution in [2.75, 3.05) is 39.6 Å². The van der Waals surface area contributed by atoms with Crippen LogP contribution >= 0.6 is 15.6 Å². The van der Waals surface area contributed by atoms with Crippen molar-refractivity contribution >= 4 is 33.6 Å². The molecule has 4 N–H and O–H groups in total. The molecule has 0 bridgehead atoms. The lowest BCUT2D eigenvalue weighted by molar-refractivity contribution is -0.161. The van der Waals surface area contributed by atoms with Crippen molar-refractivity contribution in [3.63, 3.8) is 0 Å². The summed E-state index contributed by atoms with van der Waals surface area (Å²) >= 11 is 0. The molecule has 0 spiro atoms. The number of esters is 3. The van der Waals surface area contributed by atoms with Crippen molar-refractivity contribution < 1.29 is 75.8 Å². The maximum Gasteiger partial charge on any atom is 0.472 e. The van der Waals surface area contributed by atoms with Crippen molar-refractivity contribution in [1.29, 1.82) is 0 Å². The molecule has 0 aromatic rings. The summed E-state index contributed by atoms with van der Waals surface area (Å²) < 4.78 is 61.0. The molecule has 0 saturated carbocycles. The third kappa shape index (κ3) is 75.9. The van der Waals surface area contributed by atoms with Gasteiger partial charge in [-0.25, -0.2) is 9.13 Å². The fraction of sp³-hybridized carbons (Fsp3) is 0.627. The molecule has 101 heavy (non-hydrogen) atoms. The van der Waals surface area contributed by atoms with Gasteiger partial charge in [0, 0.05) is 19.3 Å². The normalized spacial score (nSPS) is 15.0. The molecule has 0 aromatic carbocycles. The summed E-state index contributed by atoms with van der Waals surface area (Å²) in [4.78, 5) is 58.6. The van der Waals surface area contributed by atoms with Gasteiger partial charge in [0.1, 0.15) is 25.4 Å². The molecule has 18 heteroatoms. The summed E-state index contributed by atoms with van der Waals surface area (Å²) in [5.41, 5.74) is 0. The van der Waals surface area contributed by atoms with Gasteiger partial charge in [-0.3, -0.25) is 32.5 Å². The largest absolute Gasteiger partial charge is 0.472 e. The first-order valence-corrected chi connectivity index (χ1v) is 41.4. The summed E-state index contributed by atoms with van der Waals surface area (Å²) in [6.45, 7) is 2.33. The van der Waals surface area contributed by atoms with Crippen LogP contribution in [0.4, 0.5) is 0 Å². The first-order chi connectivity index (χ1) is 49.2. The molecule has 0 saturated heterocycles. The van der Waals surface area contributed by atoms with Crippen LogP contribution < -0.4 is 0 Å². The second kappa shape index (κ2) is 74.6. The Morgan fingerprint density at radius 2 is 0.525 bits per heavy atom. The number of phosphoric acid groups is 2. The van der Waals surface area contributed by atoms with Crippen LogP contribution in [0.15, 0.2) is 170 Å². The lowest BCUT2D eigenvalue weighted by atomic mass is 10.1. The van der Waals surface area contributed by atoms with Gasteiger partial charge in [0.05, 0.1) is 26.4 Å². The van der Waals surface area contributed by atoms with Crippen LogP contribution in [0.25, 0.3) is 0 Å². The third-order valence-corrected chi connectivity index (χ3v) is 17.3. The first kappa shape index (κ1) is 95.9. The lowest BCUT2D eigenvalue weighted by Gasteiger charge is -2.21. The van der Waals surface area contributed by atoms with Crippen LogP contribution in [-0.2, 0) is 55.8 Å². The Kier molecular flexibility index (Phi) is 70.9. The highest BCUT2D eigenvalue weighted by molar-refractivity contribution is 7.47. The van der Waals surface area contributed by atoms with Gasteiger partial charge in [0.25, 0.3) is 0 Å². The van der Waals surface area contributed by atoms with Crippen molar-refractivity contribution in [2.45, 2.75) is 296 Å². The van der Waals surface area contributed by atoms with Gasteiger partial charge < -0.3 is 34.2 Å². The number of ether oxygens (including phenoxy) is 3. The highest BCUT2D eigenvalue weighted by Gasteiger charge is 2.29. The van der Waals surface area contributed by atoms with Gasteiger partial charge in [-0.1, -0.05) is 274 Å². The molecule has 0 aliphatic carbocycles. The molecular weight excluding hydrogens is 1310 g/mol. The van der Waals surface area contributed by atoms with Gasteiger partial charge in [-0.15, -0.1) is 0 Å². The highest BCUT2D eigenvalue weighted by atomic mass is 31.2. The summed E-state index contributed by atoms with van der Waals surface area (Å²) in [6.07, 6.45) is 94.0. The van der Waals surface area contributed by atoms with Crippen LogP contribution in [0.5, 0.6) is 0 Å². The van der Waals surface area contributed by atoms with E-state index >= 15 is 0 Å². The fourth-order valence-electron chi connectivity index (χ4n) is 9.61. The van der Waals surface area contributed by atoms with E-state index in [0.717, 1.165) is 167 Å². The van der Waals surface area contributed by atoms with Gasteiger partial charge in [0.15, 0.2) is 6.10 Å². The second-order valence-electron chi connectivity index (χ2n) is 25.0. The van der Waals surface area contributed by atoms with Crippen LogP contribution in [0, 0.1) is 0 Å². The number of carbonyl (C=O) groups excluding carboxylic acids is 3. The minimum atomic E-state index is -4.95. The van der Waals surface area contributed by atoms with Crippen LogP contribution in [-0.4, -0.2) is 95.9 Å². The molecule has 0 fully saturated rings. The molecule has 5 unspecified atom stereocenters. The molecule has 0 aromatic heterocycles. The molecular formula is C83H136O16P2. The van der Waals surface area contributed by atoms with Crippen LogP contribution in [0.2, 0.25) is 0 Å². The number of aliphatic hydroxyl groups excluding tert-OH is 2. The predicted molar refractivity (Wildman–Crippen MR) is 417 cm³/mol. The Bertz CT molecular complexity index is 2520. The number of unbranched alkanes of at least 4 members (excludes halogenated alkanes) is 20. The minimum absolute atomic E-state index is 0.0731. The fourth-order valence-corrected chi connectivity index (χ4v) is 11.2. The van der Waals surface area contributed by atoms with Gasteiger partial charge in [0.2, 0.25) is 0 Å². The number of allylic oxidation sites excluding steroid dienone is 28. The van der Waals surface area contributed by atoms with E-state index in [0.29, 0.717) is 19.3 Å². The van der Waals surface area contributed by atoms with Crippen molar-refractivity contribution in [3.8, 4) is 0 Å². The monoisotopic (exact) mass is 1450 g/mol. The SMILES string of the molecule is CC/C=C\C/C=C\C/C=C\C/C=C\C/C=C\C/C=C\CCCCCCCCCCCCC(=O)OCC(O)COP(=O)(O)OCC(O)COP(=O)(O)OCC(COC(=O)CCCC/C=C\C/C=C\C/C=C\C/C=C\C/C=C\C/C=C\CC)OC(=O)CCCCCCC/C=C\C/C=C\CCCCC. The van der Waals surface area contributed by atoms with Crippen molar-refractivity contribution in [2.24, 2.45) is 0 Å². The number of hydrogen-bond donors (Lipinski definition) is 4. The zero-order valence-corrected chi connectivity index (χ0v) is 64.3. The second-order valence-corrected chi connectivity index (χ2v) is 27.9. The number of aliphatic hydroxyl groups is 2. The van der Waals surface area contributed by atoms with E-state index < -0.39 is 91.5 Å². The van der Waals surface area contributed by atoms with Crippen molar-refractivity contribution in [1.82, 2.24) is 0 Å². The Morgan fingerprint density at radius 1 is 0.287 bits per heavy atom. The molecule has 0 aliphatic heterocycles. The Hall–Kier alpha value is -5.09. The average molecular weight is 1450 g/mol. The number of carbonyl (C=O) groups is 3. The van der Waals surface area contributed by atoms with E-state index in [1.807, 2.05) is 0 Å². The number of hydrogen-bond acceptors (Lipinski definition) is 14. The summed E-state index contributed by atoms with van der Waals surface area (Å²) in [7, 11) is -9.82. The Labute approximate surface area is 612 Å². The molecule has 0 heterocycles. The maximum absolute atomic E-state index is 12.9. The maximum atomic E-state index is 12.9. The van der Waals surface area contributed by atoms with Crippen molar-refractivity contribution in [3.05, 3.63) is 170 Å². The van der Waals surface area contributed by atoms with E-state index in [1.165, 1.54) is 51.4 Å². The smallest absolute Gasteiger partial charge is 0.463 e. The molecule has 0 rings (SSSR count). The van der Waals surface area contributed by atoms with E-state index in [-0.39, 0.29) is 19.3 Å². The topological polar surface area (TPSA) is 231 Å². The first-order valence-electron chi connectivity index (χ1n) is 38.4. The Morgan fingerprint density at radius 3 is 0.851 bits per heavy atom. The molecule has 0 radical (unpaired) electrons. The zero-order chi connectivity index (χ0) is 73.7. The van der Waals surface area contributed by atoms with E-state index in [1.54, 1.807) is 0 Å². The highest BCUT2D eigenvalue weighted by Crippen LogP contribution is 2.45. The third-order valence-electron chi connectivity index (χ3n) is 15.4. The summed E-state index contributed by atoms with van der Waals surface area (Å²) in [5.74, 6) is -1.66. The quantitative estimate of drug-likeness (QED) is 0.0146. The molecule has 0 amide bonds. The van der Waals surface area contributed by atoms with Gasteiger partial charge in [-0.05, 0) is 154 Å². The van der Waals surface area contributed by atoms with E-state index in [2.05, 4.69) is 191 Å². The minimum Gasteiger partial charge on any atom is -0.463 e. The molecule has 0 aliphatic rings. The number of phosphoric ester groups is 2. The van der Waals surface area contributed by atoms with Crippen LogP contribution in [0.1, 0.15) is 278 Å². The predicted octanol–water partition coefficient (Wildman–Crippen LogP) is 22.4. The molecule has 16 nitrogen and oxygen atoms in total. The Balaban J connectivity index is 4.61. The van der Waals surface area contributed by atoms with E-state index in [9.17, 15) is 43.5 Å². The molecule has 5 atom stereocenters. The standard InChI is InChI=1S/C83H136O16P2/c1-4-7-10-13-16-19-22-25-28-30-32-34-35-36-37-38-39-40-41-43-45-46-49-51-54-57-60-63-66-69-81(86)93-72-78(84)73-95-100(89,90)96-74-79(85)75-97-101(91,92)98-77-80(99-83(88)71-68-65-62-59-56-53-48-27-24-21-18-15-12-9-6-3)76-94-82(87)70-67-64-61-58-55-52-50-47-44-42-33-31-29-26-23-20-17-14-11-8-5-2/h7-8,10-11,16-21,25-29,32-34,36-37,39-40,42,47-48,50,55,58,78-80,84-85H,4-6,9,12-15,22-24,30-31,35,38,41,43-46,49,51-54,56-57,59-77H2,1-3H3,(H,89,90)(H,91,92)/b10-7-,11-8-,19-16-,20-17-,21-18-,28-25-,29-26-,34-32-,37-36-,40-39-,42-33-,48-27-,50-47-,58-55-. The average Bonchev–Trinajstić information content (AvgIpc) is 1.14. The lowest BCUT2D eigenvalue weighted by Crippen LogP contribution is -2.30. The zero-order valence-electron chi connectivity index (χ0n) is 62.5. The number of rotatable bonds is 71. The van der Waals surface area contributed by atoms with E-state index in [4.69, 9.17) is 32.3 Å². The summed E-state index contributed by atoms with van der Waals surface area (Å²) in [6, 6.07) is 0. The van der Waals surface area contributed by atoms with Gasteiger partial charge >= 0.3 is 33.6 Å². The molecule has 574 valence electrons. The van der Waals surface area contributed by atoms with Gasteiger partial charge in [-0.2, -0.15) is 0 Å².